The summed E-state index contributed by atoms with van der Waals surface area (Å²) in [6, 6.07) is 17.2. The molecular formula is C21H21N5O2S. The van der Waals surface area contributed by atoms with Gasteiger partial charge in [0.05, 0.1) is 18.8 Å². The van der Waals surface area contributed by atoms with Gasteiger partial charge >= 0.3 is 0 Å². The van der Waals surface area contributed by atoms with Crippen molar-refractivity contribution in [1.29, 1.82) is 0 Å². The van der Waals surface area contributed by atoms with Crippen LogP contribution in [0.2, 0.25) is 0 Å². The maximum Gasteiger partial charge on any atom is 0.258 e. The van der Waals surface area contributed by atoms with Gasteiger partial charge in [0.2, 0.25) is 0 Å². The Hall–Kier alpha value is -2.97. The molecule has 148 valence electrons. The lowest BCUT2D eigenvalue weighted by Crippen LogP contribution is -2.17. The van der Waals surface area contributed by atoms with E-state index < -0.39 is 0 Å². The van der Waals surface area contributed by atoms with Crippen LogP contribution in [0.4, 0.5) is 0 Å². The van der Waals surface area contributed by atoms with Crippen LogP contribution >= 0.6 is 11.8 Å². The molecule has 0 aliphatic heterocycles. The number of pyridine rings is 1. The molecule has 29 heavy (non-hydrogen) atoms. The molecule has 0 atom stereocenters. The largest absolute Gasteiger partial charge is 0.383 e. The third-order valence-corrected chi connectivity index (χ3v) is 5.55. The summed E-state index contributed by atoms with van der Waals surface area (Å²) >= 11 is 1.51. The van der Waals surface area contributed by atoms with Crippen LogP contribution in [0.25, 0.3) is 17.0 Å². The van der Waals surface area contributed by atoms with Crippen molar-refractivity contribution in [2.75, 3.05) is 13.7 Å². The van der Waals surface area contributed by atoms with E-state index in [1.807, 2.05) is 60.0 Å². The van der Waals surface area contributed by atoms with Gasteiger partial charge in [-0.2, -0.15) is 0 Å². The van der Waals surface area contributed by atoms with E-state index in [-0.39, 0.29) is 5.56 Å². The molecule has 0 saturated heterocycles. The molecule has 0 bridgehead atoms. The fourth-order valence-electron chi connectivity index (χ4n) is 3.16. The Morgan fingerprint density at radius 1 is 1.07 bits per heavy atom. The highest BCUT2D eigenvalue weighted by molar-refractivity contribution is 7.98. The second kappa shape index (κ2) is 8.59. The van der Waals surface area contributed by atoms with Gasteiger partial charge in [-0.1, -0.05) is 48.2 Å². The third kappa shape index (κ3) is 4.08. The van der Waals surface area contributed by atoms with Crippen LogP contribution in [-0.2, 0) is 17.0 Å². The molecule has 0 saturated carbocycles. The van der Waals surface area contributed by atoms with Crippen LogP contribution in [0.5, 0.6) is 0 Å². The number of ether oxygens (including phenoxy) is 1. The zero-order chi connectivity index (χ0) is 20.2. The number of benzene rings is 1. The number of thioether (sulfide) groups is 1. The summed E-state index contributed by atoms with van der Waals surface area (Å²) in [6.07, 6.45) is 0. The lowest BCUT2D eigenvalue weighted by Gasteiger charge is -2.10. The first kappa shape index (κ1) is 19.4. The van der Waals surface area contributed by atoms with Crippen LogP contribution in [0.1, 0.15) is 11.4 Å². The predicted molar refractivity (Wildman–Crippen MR) is 113 cm³/mol. The fourth-order valence-corrected chi connectivity index (χ4v) is 4.01. The van der Waals surface area contributed by atoms with Gasteiger partial charge in [-0.3, -0.25) is 13.8 Å². The van der Waals surface area contributed by atoms with Crippen molar-refractivity contribution in [2.45, 2.75) is 24.4 Å². The number of hydrogen-bond donors (Lipinski definition) is 0. The Kier molecular flexibility index (Phi) is 5.73. The molecule has 0 fully saturated rings. The average Bonchev–Trinajstić information content (AvgIpc) is 3.14. The first-order valence-corrected chi connectivity index (χ1v) is 10.2. The molecule has 0 N–H and O–H groups in total. The number of nitrogens with zero attached hydrogens (tertiary/aromatic N) is 5. The molecule has 0 unspecified atom stereocenters. The lowest BCUT2D eigenvalue weighted by atomic mass is 10.2. The van der Waals surface area contributed by atoms with E-state index in [0.717, 1.165) is 22.2 Å². The Bertz CT molecular complexity index is 1190. The van der Waals surface area contributed by atoms with Crippen molar-refractivity contribution in [1.82, 2.24) is 24.1 Å². The predicted octanol–water partition coefficient (Wildman–Crippen LogP) is 3.20. The molecule has 0 radical (unpaired) electrons. The van der Waals surface area contributed by atoms with Gasteiger partial charge in [-0.05, 0) is 19.1 Å². The van der Waals surface area contributed by atoms with Crippen molar-refractivity contribution in [3.8, 4) is 11.4 Å². The maximum absolute atomic E-state index is 12.5. The second-order valence-corrected chi connectivity index (χ2v) is 7.49. The van der Waals surface area contributed by atoms with Gasteiger partial charge < -0.3 is 4.74 Å². The molecule has 1 aromatic carbocycles. The van der Waals surface area contributed by atoms with Crippen molar-refractivity contribution in [3.63, 3.8) is 0 Å². The van der Waals surface area contributed by atoms with E-state index in [1.54, 1.807) is 17.6 Å². The van der Waals surface area contributed by atoms with Gasteiger partial charge in [0.15, 0.2) is 11.0 Å². The summed E-state index contributed by atoms with van der Waals surface area (Å²) in [7, 11) is 1.67. The zero-order valence-corrected chi connectivity index (χ0v) is 17.1. The highest BCUT2D eigenvalue weighted by Crippen LogP contribution is 2.25. The molecule has 0 spiro atoms. The molecule has 0 aliphatic carbocycles. The SMILES string of the molecule is COCCn1c(SCc2cc(=O)n3c(C)cccc3n2)nnc1-c1ccccc1. The van der Waals surface area contributed by atoms with E-state index in [1.165, 1.54) is 11.8 Å². The molecular weight excluding hydrogens is 386 g/mol. The number of hydrogen-bond acceptors (Lipinski definition) is 6. The highest BCUT2D eigenvalue weighted by Gasteiger charge is 2.15. The summed E-state index contributed by atoms with van der Waals surface area (Å²) in [5.41, 5.74) is 3.16. The fraction of sp³-hybridized carbons (Fsp3) is 0.238. The first-order valence-electron chi connectivity index (χ1n) is 9.26. The Morgan fingerprint density at radius 3 is 2.69 bits per heavy atom. The normalized spacial score (nSPS) is 11.2. The third-order valence-electron chi connectivity index (χ3n) is 4.55. The summed E-state index contributed by atoms with van der Waals surface area (Å²) in [6.45, 7) is 3.09. The molecule has 3 heterocycles. The van der Waals surface area contributed by atoms with E-state index >= 15 is 0 Å². The number of aryl methyl sites for hydroxylation is 1. The van der Waals surface area contributed by atoms with Crippen LogP contribution in [-0.4, -0.2) is 37.9 Å². The van der Waals surface area contributed by atoms with Crippen LogP contribution in [0.3, 0.4) is 0 Å². The van der Waals surface area contributed by atoms with Crippen molar-refractivity contribution >= 4 is 17.4 Å². The first-order chi connectivity index (χ1) is 14.2. The van der Waals surface area contributed by atoms with Gasteiger partial charge in [0.25, 0.3) is 5.56 Å². The number of fused-ring (bicyclic) bond motifs is 1. The number of rotatable bonds is 7. The molecule has 4 aromatic rings. The number of methoxy groups -OCH3 is 1. The maximum atomic E-state index is 12.5. The summed E-state index contributed by atoms with van der Waals surface area (Å²) < 4.78 is 8.91. The van der Waals surface area contributed by atoms with Crippen LogP contribution < -0.4 is 5.56 Å². The highest BCUT2D eigenvalue weighted by atomic mass is 32.2. The van der Waals surface area contributed by atoms with Gasteiger partial charge in [-0.15, -0.1) is 10.2 Å². The Morgan fingerprint density at radius 2 is 1.90 bits per heavy atom. The van der Waals surface area contributed by atoms with Crippen molar-refractivity contribution < 1.29 is 4.74 Å². The van der Waals surface area contributed by atoms with Gasteiger partial charge in [-0.25, -0.2) is 4.98 Å². The molecule has 8 heteroatoms. The summed E-state index contributed by atoms with van der Waals surface area (Å²) in [5.74, 6) is 1.33. The minimum atomic E-state index is -0.0745. The monoisotopic (exact) mass is 407 g/mol. The second-order valence-electron chi connectivity index (χ2n) is 6.55. The van der Waals surface area contributed by atoms with Gasteiger partial charge in [0.1, 0.15) is 5.65 Å². The van der Waals surface area contributed by atoms with E-state index in [4.69, 9.17) is 4.74 Å². The molecule has 4 rings (SSSR count). The molecule has 7 nitrogen and oxygen atoms in total. The molecule has 3 aromatic heterocycles. The average molecular weight is 407 g/mol. The topological polar surface area (TPSA) is 74.3 Å². The van der Waals surface area contributed by atoms with E-state index in [2.05, 4.69) is 15.2 Å². The quantitative estimate of drug-likeness (QED) is 0.438. The number of aromatic nitrogens is 5. The smallest absolute Gasteiger partial charge is 0.258 e. The summed E-state index contributed by atoms with van der Waals surface area (Å²) in [4.78, 5) is 17.1. The standard InChI is InChI=1S/C21H21N5O2S/c1-15-7-6-10-18-22-17(13-19(27)26(15)18)14-29-21-24-23-20(25(21)11-12-28-2)16-8-4-3-5-9-16/h3-10,13H,11-12,14H2,1-2H3. The summed E-state index contributed by atoms with van der Waals surface area (Å²) in [5, 5.41) is 9.52. The molecule has 0 aliphatic rings. The van der Waals surface area contributed by atoms with Crippen LogP contribution in [0, 0.1) is 6.92 Å². The zero-order valence-electron chi connectivity index (χ0n) is 16.3. The molecule has 0 amide bonds. The van der Waals surface area contributed by atoms with E-state index in [0.29, 0.717) is 30.2 Å². The van der Waals surface area contributed by atoms with Crippen molar-refractivity contribution in [3.05, 3.63) is 76.3 Å². The lowest BCUT2D eigenvalue weighted by molar-refractivity contribution is 0.185. The van der Waals surface area contributed by atoms with Crippen LogP contribution in [0.15, 0.2) is 64.5 Å². The Balaban J connectivity index is 1.62. The van der Waals surface area contributed by atoms with Crippen molar-refractivity contribution in [2.24, 2.45) is 0 Å². The Labute approximate surface area is 172 Å². The minimum Gasteiger partial charge on any atom is -0.383 e. The minimum absolute atomic E-state index is 0.0745. The van der Waals surface area contributed by atoms with E-state index in [9.17, 15) is 4.79 Å². The van der Waals surface area contributed by atoms with Gasteiger partial charge in [0, 0.05) is 30.2 Å².